The highest BCUT2D eigenvalue weighted by atomic mass is 19.1. The second-order valence-electron chi connectivity index (χ2n) is 6.23. The standard InChI is InChI=1S/C20H20F2N4O2/c21-16-6-8-19(9-7-16)28-14-18-12-26(25-24-18)13-20(27)23-10-2-4-15-3-1-5-17(22)11-15/h1,3,5-9,11-12H,2,4,10,13-14H2,(H,23,27). The highest BCUT2D eigenvalue weighted by Crippen LogP contribution is 2.12. The first-order valence-electron chi connectivity index (χ1n) is 8.87. The van der Waals surface area contributed by atoms with Crippen LogP contribution in [0.2, 0.25) is 0 Å². The molecule has 146 valence electrons. The van der Waals surface area contributed by atoms with Crippen LogP contribution in [0.5, 0.6) is 5.75 Å². The summed E-state index contributed by atoms with van der Waals surface area (Å²) < 4.78 is 32.9. The second-order valence-corrected chi connectivity index (χ2v) is 6.23. The van der Waals surface area contributed by atoms with Crippen LogP contribution in [0.3, 0.4) is 0 Å². The van der Waals surface area contributed by atoms with E-state index in [4.69, 9.17) is 4.74 Å². The molecular weight excluding hydrogens is 366 g/mol. The van der Waals surface area contributed by atoms with E-state index in [-0.39, 0.29) is 30.7 Å². The number of nitrogens with one attached hydrogen (secondary N) is 1. The number of halogens is 2. The lowest BCUT2D eigenvalue weighted by Crippen LogP contribution is -2.28. The van der Waals surface area contributed by atoms with Crippen LogP contribution in [0.4, 0.5) is 8.78 Å². The average Bonchev–Trinajstić information content (AvgIpc) is 3.12. The van der Waals surface area contributed by atoms with Gasteiger partial charge in [0, 0.05) is 6.54 Å². The molecule has 2 aromatic carbocycles. The molecule has 0 fully saturated rings. The van der Waals surface area contributed by atoms with Crippen molar-refractivity contribution in [2.75, 3.05) is 6.54 Å². The molecule has 0 aliphatic carbocycles. The van der Waals surface area contributed by atoms with Crippen molar-refractivity contribution in [3.63, 3.8) is 0 Å². The van der Waals surface area contributed by atoms with Crippen molar-refractivity contribution < 1.29 is 18.3 Å². The van der Waals surface area contributed by atoms with E-state index < -0.39 is 0 Å². The molecule has 0 bridgehead atoms. The van der Waals surface area contributed by atoms with Crippen molar-refractivity contribution >= 4 is 5.91 Å². The number of amides is 1. The quantitative estimate of drug-likeness (QED) is 0.574. The number of rotatable bonds is 9. The molecule has 0 saturated carbocycles. The third-order valence-electron chi connectivity index (χ3n) is 3.95. The van der Waals surface area contributed by atoms with Gasteiger partial charge in [-0.05, 0) is 54.8 Å². The van der Waals surface area contributed by atoms with Gasteiger partial charge in [0.25, 0.3) is 0 Å². The largest absolute Gasteiger partial charge is 0.487 e. The molecule has 28 heavy (non-hydrogen) atoms. The summed E-state index contributed by atoms with van der Waals surface area (Å²) in [7, 11) is 0. The van der Waals surface area contributed by atoms with Crippen LogP contribution in [-0.4, -0.2) is 27.4 Å². The molecule has 0 unspecified atom stereocenters. The van der Waals surface area contributed by atoms with Crippen molar-refractivity contribution in [2.45, 2.75) is 26.0 Å². The Hall–Kier alpha value is -3.29. The molecule has 3 rings (SSSR count). The van der Waals surface area contributed by atoms with Crippen molar-refractivity contribution in [2.24, 2.45) is 0 Å². The highest BCUT2D eigenvalue weighted by molar-refractivity contribution is 5.75. The Labute approximate surface area is 161 Å². The van der Waals surface area contributed by atoms with Crippen LogP contribution >= 0.6 is 0 Å². The summed E-state index contributed by atoms with van der Waals surface area (Å²) in [6, 6.07) is 12.1. The lowest BCUT2D eigenvalue weighted by molar-refractivity contribution is -0.121. The zero-order valence-corrected chi connectivity index (χ0v) is 15.1. The monoisotopic (exact) mass is 386 g/mol. The summed E-state index contributed by atoms with van der Waals surface area (Å²) in [5.41, 5.74) is 1.46. The number of carbonyl (C=O) groups excluding carboxylic acids is 1. The predicted octanol–water partition coefficient (Wildman–Crippen LogP) is 2.88. The lowest BCUT2D eigenvalue weighted by Gasteiger charge is -2.05. The fourth-order valence-electron chi connectivity index (χ4n) is 2.59. The molecule has 0 aliphatic heterocycles. The Bertz CT molecular complexity index is 913. The van der Waals surface area contributed by atoms with E-state index in [1.807, 2.05) is 6.07 Å². The predicted molar refractivity (Wildman–Crippen MR) is 98.5 cm³/mol. The van der Waals surface area contributed by atoms with E-state index in [9.17, 15) is 13.6 Å². The minimum atomic E-state index is -0.333. The molecule has 3 aromatic rings. The molecule has 0 spiro atoms. The minimum Gasteiger partial charge on any atom is -0.487 e. The van der Waals surface area contributed by atoms with E-state index >= 15 is 0 Å². The molecular formula is C20H20F2N4O2. The Balaban J connectivity index is 1.37. The van der Waals surface area contributed by atoms with Crippen LogP contribution in [-0.2, 0) is 24.4 Å². The average molecular weight is 386 g/mol. The van der Waals surface area contributed by atoms with Crippen molar-refractivity contribution in [3.05, 3.63) is 77.6 Å². The first kappa shape index (κ1) is 19.5. The van der Waals surface area contributed by atoms with Gasteiger partial charge in [0.05, 0.1) is 6.20 Å². The number of nitrogens with zero attached hydrogens (tertiary/aromatic N) is 3. The van der Waals surface area contributed by atoms with Crippen LogP contribution in [0.1, 0.15) is 17.7 Å². The van der Waals surface area contributed by atoms with Gasteiger partial charge in [-0.1, -0.05) is 17.3 Å². The van der Waals surface area contributed by atoms with Crippen LogP contribution < -0.4 is 10.1 Å². The van der Waals surface area contributed by atoms with Crippen molar-refractivity contribution in [3.8, 4) is 5.75 Å². The summed E-state index contributed by atoms with van der Waals surface area (Å²) in [6.07, 6.45) is 3.02. The molecule has 1 N–H and O–H groups in total. The first-order chi connectivity index (χ1) is 13.6. The third-order valence-corrected chi connectivity index (χ3v) is 3.95. The molecule has 1 aromatic heterocycles. The Morgan fingerprint density at radius 1 is 1.11 bits per heavy atom. The molecule has 8 heteroatoms. The number of hydrogen-bond donors (Lipinski definition) is 1. The maximum Gasteiger partial charge on any atom is 0.241 e. The zero-order valence-electron chi connectivity index (χ0n) is 15.1. The SMILES string of the molecule is O=C(Cn1cc(COc2ccc(F)cc2)nn1)NCCCc1cccc(F)c1. The van der Waals surface area contributed by atoms with Crippen molar-refractivity contribution in [1.82, 2.24) is 20.3 Å². The summed E-state index contributed by atoms with van der Waals surface area (Å²) in [5.74, 6) is -0.255. The van der Waals surface area contributed by atoms with E-state index in [1.54, 1.807) is 12.3 Å². The number of aryl methyl sites for hydroxylation is 1. The van der Waals surface area contributed by atoms with Gasteiger partial charge in [-0.2, -0.15) is 0 Å². The molecule has 6 nitrogen and oxygen atoms in total. The number of carbonyl (C=O) groups is 1. The second kappa shape index (κ2) is 9.59. The molecule has 1 heterocycles. The van der Waals surface area contributed by atoms with Gasteiger partial charge in [0.15, 0.2) is 0 Å². The van der Waals surface area contributed by atoms with E-state index in [0.717, 1.165) is 5.56 Å². The van der Waals surface area contributed by atoms with Gasteiger partial charge in [0.1, 0.15) is 36.2 Å². The first-order valence-corrected chi connectivity index (χ1v) is 8.87. The van der Waals surface area contributed by atoms with Gasteiger partial charge in [-0.3, -0.25) is 4.79 Å². The smallest absolute Gasteiger partial charge is 0.241 e. The molecule has 0 aliphatic rings. The summed E-state index contributed by atoms with van der Waals surface area (Å²) in [6.45, 7) is 0.703. The fourth-order valence-corrected chi connectivity index (χ4v) is 2.59. The van der Waals surface area contributed by atoms with Gasteiger partial charge < -0.3 is 10.1 Å². The van der Waals surface area contributed by atoms with Gasteiger partial charge >= 0.3 is 0 Å². The minimum absolute atomic E-state index is 0.0452. The highest BCUT2D eigenvalue weighted by Gasteiger charge is 2.07. The normalized spacial score (nSPS) is 10.6. The number of hydrogen-bond acceptors (Lipinski definition) is 4. The van der Waals surface area contributed by atoms with Crippen LogP contribution in [0, 0.1) is 11.6 Å². The summed E-state index contributed by atoms with van der Waals surface area (Å²) in [5, 5.41) is 10.6. The Morgan fingerprint density at radius 3 is 2.71 bits per heavy atom. The molecule has 0 atom stereocenters. The number of aromatic nitrogens is 3. The van der Waals surface area contributed by atoms with Crippen LogP contribution in [0.25, 0.3) is 0 Å². The Morgan fingerprint density at radius 2 is 1.93 bits per heavy atom. The topological polar surface area (TPSA) is 69.0 Å². The maximum atomic E-state index is 13.1. The van der Waals surface area contributed by atoms with E-state index in [2.05, 4.69) is 15.6 Å². The summed E-state index contributed by atoms with van der Waals surface area (Å²) in [4.78, 5) is 12.0. The van der Waals surface area contributed by atoms with Gasteiger partial charge in [-0.25, -0.2) is 13.5 Å². The fraction of sp³-hybridized carbons (Fsp3) is 0.250. The van der Waals surface area contributed by atoms with E-state index in [1.165, 1.54) is 41.1 Å². The number of ether oxygens (including phenoxy) is 1. The molecule has 0 saturated heterocycles. The lowest BCUT2D eigenvalue weighted by atomic mass is 10.1. The van der Waals surface area contributed by atoms with Gasteiger partial charge in [0.2, 0.25) is 5.91 Å². The Kier molecular flexibility index (Phi) is 6.67. The van der Waals surface area contributed by atoms with Crippen LogP contribution in [0.15, 0.2) is 54.7 Å². The maximum absolute atomic E-state index is 13.1. The molecule has 0 radical (unpaired) electrons. The van der Waals surface area contributed by atoms with E-state index in [0.29, 0.717) is 30.8 Å². The van der Waals surface area contributed by atoms with Gasteiger partial charge in [-0.15, -0.1) is 5.10 Å². The zero-order chi connectivity index (χ0) is 19.8. The molecule has 1 amide bonds. The number of benzene rings is 2. The third kappa shape index (κ3) is 6.15. The van der Waals surface area contributed by atoms with Crippen molar-refractivity contribution in [1.29, 1.82) is 0 Å². The summed E-state index contributed by atoms with van der Waals surface area (Å²) >= 11 is 0.